The summed E-state index contributed by atoms with van der Waals surface area (Å²) in [5, 5.41) is 6.13. The number of benzene rings is 2. The Kier molecular flexibility index (Phi) is 8.60. The van der Waals surface area contributed by atoms with Crippen molar-refractivity contribution in [3.05, 3.63) is 66.2 Å². The summed E-state index contributed by atoms with van der Waals surface area (Å²) in [6.07, 6.45) is 8.39. The molecule has 0 spiro atoms. The van der Waals surface area contributed by atoms with Gasteiger partial charge in [0.05, 0.1) is 6.54 Å². The first kappa shape index (κ1) is 20.9. The predicted octanol–water partition coefficient (Wildman–Crippen LogP) is 4.56. The Morgan fingerprint density at radius 2 is 1.72 bits per heavy atom. The van der Waals surface area contributed by atoms with Crippen LogP contribution in [0.2, 0.25) is 0 Å². The minimum Gasteiger partial charge on any atom is -0.490 e. The number of nitrogens with one attached hydrogen (secondary N) is 2. The van der Waals surface area contributed by atoms with Crippen molar-refractivity contribution < 1.29 is 14.3 Å². The molecule has 0 unspecified atom stereocenters. The van der Waals surface area contributed by atoms with Crippen LogP contribution < -0.4 is 20.1 Å². The number of ether oxygens (including phenoxy) is 2. The molecule has 1 aliphatic rings. The summed E-state index contributed by atoms with van der Waals surface area (Å²) >= 11 is 0. The molecule has 3 rings (SSSR count). The van der Waals surface area contributed by atoms with Crippen LogP contribution in [0.5, 0.6) is 11.5 Å². The average Bonchev–Trinajstić information content (AvgIpc) is 2.76. The second-order valence-corrected chi connectivity index (χ2v) is 7.12. The van der Waals surface area contributed by atoms with Crippen LogP contribution in [0, 0.1) is 0 Å². The van der Waals surface area contributed by atoms with Crippen molar-refractivity contribution in [2.24, 2.45) is 0 Å². The van der Waals surface area contributed by atoms with E-state index >= 15 is 0 Å². The zero-order valence-corrected chi connectivity index (χ0v) is 16.9. The Morgan fingerprint density at radius 3 is 2.52 bits per heavy atom. The molecule has 5 heteroatoms. The van der Waals surface area contributed by atoms with Crippen LogP contribution in [0.1, 0.15) is 32.1 Å². The van der Waals surface area contributed by atoms with E-state index in [2.05, 4.69) is 16.7 Å². The smallest absolute Gasteiger partial charge is 0.238 e. The summed E-state index contributed by atoms with van der Waals surface area (Å²) in [7, 11) is 0. The first-order valence-corrected chi connectivity index (χ1v) is 10.4. The topological polar surface area (TPSA) is 59.6 Å². The van der Waals surface area contributed by atoms with Gasteiger partial charge in [0.25, 0.3) is 0 Å². The molecule has 2 N–H and O–H groups in total. The lowest BCUT2D eigenvalue weighted by atomic mass is 9.97. The van der Waals surface area contributed by atoms with E-state index in [1.54, 1.807) is 0 Å². The zero-order chi connectivity index (χ0) is 20.2. The number of anilines is 1. The summed E-state index contributed by atoms with van der Waals surface area (Å²) < 4.78 is 11.3. The van der Waals surface area contributed by atoms with Crippen molar-refractivity contribution in [1.29, 1.82) is 0 Å². The normalized spacial score (nSPS) is 13.4. The van der Waals surface area contributed by atoms with E-state index in [-0.39, 0.29) is 5.91 Å². The average molecular weight is 395 g/mol. The van der Waals surface area contributed by atoms with Gasteiger partial charge < -0.3 is 20.1 Å². The highest BCUT2D eigenvalue weighted by atomic mass is 16.5. The van der Waals surface area contributed by atoms with Gasteiger partial charge in [-0.05, 0) is 62.9 Å². The molecule has 0 atom stereocenters. The molecule has 0 fully saturated rings. The number of carbonyl (C=O) groups excluding carboxylic acids is 1. The standard InChI is InChI=1S/C24H30N2O3/c27-24(19-25-15-14-20-8-3-1-4-9-20)26-21-10-7-13-23(18-21)29-17-16-28-22-11-5-2-6-12-22/h2,5-8,10-13,18,25H,1,3-4,9,14-17,19H2,(H,26,27). The highest BCUT2D eigenvalue weighted by Crippen LogP contribution is 2.19. The highest BCUT2D eigenvalue weighted by molar-refractivity contribution is 5.92. The number of carbonyl (C=O) groups is 1. The van der Waals surface area contributed by atoms with E-state index in [0.29, 0.717) is 25.5 Å². The molecule has 2 aromatic carbocycles. The van der Waals surface area contributed by atoms with Crippen LogP contribution in [0.15, 0.2) is 66.2 Å². The summed E-state index contributed by atoms with van der Waals surface area (Å²) in [6, 6.07) is 17.1. The van der Waals surface area contributed by atoms with Crippen molar-refractivity contribution >= 4 is 11.6 Å². The third-order valence-corrected chi connectivity index (χ3v) is 4.78. The lowest BCUT2D eigenvalue weighted by Crippen LogP contribution is -2.29. The van der Waals surface area contributed by atoms with Crippen LogP contribution in [-0.2, 0) is 4.79 Å². The first-order chi connectivity index (χ1) is 14.3. The molecule has 154 valence electrons. The maximum Gasteiger partial charge on any atom is 0.238 e. The number of para-hydroxylation sites is 1. The fraction of sp³-hybridized carbons (Fsp3) is 0.375. The number of allylic oxidation sites excluding steroid dienone is 1. The maximum atomic E-state index is 12.1. The van der Waals surface area contributed by atoms with Gasteiger partial charge in [0, 0.05) is 11.8 Å². The molecule has 1 aliphatic carbocycles. The fourth-order valence-corrected chi connectivity index (χ4v) is 3.29. The fourth-order valence-electron chi connectivity index (χ4n) is 3.29. The molecule has 5 nitrogen and oxygen atoms in total. The molecular formula is C24H30N2O3. The minimum atomic E-state index is -0.0489. The first-order valence-electron chi connectivity index (χ1n) is 10.4. The molecule has 2 aromatic rings. The number of hydrogen-bond acceptors (Lipinski definition) is 4. The summed E-state index contributed by atoms with van der Waals surface area (Å²) in [5.41, 5.74) is 2.25. The Labute approximate surface area is 173 Å². The lowest BCUT2D eigenvalue weighted by molar-refractivity contribution is -0.115. The van der Waals surface area contributed by atoms with Gasteiger partial charge in [0.2, 0.25) is 5.91 Å². The Hall–Kier alpha value is -2.79. The molecule has 0 heterocycles. The highest BCUT2D eigenvalue weighted by Gasteiger charge is 2.06. The van der Waals surface area contributed by atoms with Crippen molar-refractivity contribution in [3.8, 4) is 11.5 Å². The van der Waals surface area contributed by atoms with Gasteiger partial charge >= 0.3 is 0 Å². The lowest BCUT2D eigenvalue weighted by Gasteiger charge is -2.13. The Bertz CT molecular complexity index is 790. The summed E-state index contributed by atoms with van der Waals surface area (Å²) in [6.45, 7) is 2.04. The third-order valence-electron chi connectivity index (χ3n) is 4.78. The largest absolute Gasteiger partial charge is 0.490 e. The van der Waals surface area contributed by atoms with Crippen molar-refractivity contribution in [3.63, 3.8) is 0 Å². The third kappa shape index (κ3) is 8.00. The van der Waals surface area contributed by atoms with E-state index in [1.165, 1.54) is 31.3 Å². The van der Waals surface area contributed by atoms with Gasteiger partial charge in [-0.2, -0.15) is 0 Å². The summed E-state index contributed by atoms with van der Waals surface area (Å²) in [4.78, 5) is 12.1. The Balaban J connectivity index is 1.33. The quantitative estimate of drug-likeness (QED) is 0.433. The second kappa shape index (κ2) is 11.9. The molecule has 0 aliphatic heterocycles. The van der Waals surface area contributed by atoms with E-state index in [4.69, 9.17) is 9.47 Å². The molecule has 29 heavy (non-hydrogen) atoms. The second-order valence-electron chi connectivity index (χ2n) is 7.12. The number of hydrogen-bond donors (Lipinski definition) is 2. The van der Waals surface area contributed by atoms with Crippen molar-refractivity contribution in [2.75, 3.05) is 31.6 Å². The monoisotopic (exact) mass is 394 g/mol. The molecule has 1 amide bonds. The molecule has 0 bridgehead atoms. The molecule has 0 radical (unpaired) electrons. The van der Waals surface area contributed by atoms with Crippen LogP contribution in [-0.4, -0.2) is 32.2 Å². The van der Waals surface area contributed by atoms with E-state index in [9.17, 15) is 4.79 Å². The molecule has 0 saturated carbocycles. The number of amides is 1. The van der Waals surface area contributed by atoms with E-state index in [1.807, 2.05) is 54.6 Å². The predicted molar refractivity (Wildman–Crippen MR) is 117 cm³/mol. The van der Waals surface area contributed by atoms with Crippen molar-refractivity contribution in [2.45, 2.75) is 32.1 Å². The van der Waals surface area contributed by atoms with Gasteiger partial charge in [-0.25, -0.2) is 0 Å². The number of rotatable bonds is 11. The minimum absolute atomic E-state index is 0.0489. The van der Waals surface area contributed by atoms with Crippen LogP contribution in [0.25, 0.3) is 0 Å². The van der Waals surface area contributed by atoms with Gasteiger partial charge in [0.15, 0.2) is 0 Å². The van der Waals surface area contributed by atoms with E-state index < -0.39 is 0 Å². The molecule has 0 aromatic heterocycles. The zero-order valence-electron chi connectivity index (χ0n) is 16.9. The SMILES string of the molecule is O=C(CNCCC1=CCCCC1)Nc1cccc(OCCOc2ccccc2)c1. The van der Waals surface area contributed by atoms with Crippen LogP contribution in [0.3, 0.4) is 0 Å². The van der Waals surface area contributed by atoms with Gasteiger partial charge in [0.1, 0.15) is 24.7 Å². The van der Waals surface area contributed by atoms with Crippen LogP contribution in [0.4, 0.5) is 5.69 Å². The molecular weight excluding hydrogens is 364 g/mol. The maximum absolute atomic E-state index is 12.1. The Morgan fingerprint density at radius 1 is 0.931 bits per heavy atom. The van der Waals surface area contributed by atoms with Gasteiger partial charge in [-0.15, -0.1) is 0 Å². The molecule has 0 saturated heterocycles. The van der Waals surface area contributed by atoms with Crippen LogP contribution >= 0.6 is 0 Å². The van der Waals surface area contributed by atoms with Gasteiger partial charge in [-0.3, -0.25) is 4.79 Å². The van der Waals surface area contributed by atoms with Crippen molar-refractivity contribution in [1.82, 2.24) is 5.32 Å². The van der Waals surface area contributed by atoms with E-state index in [0.717, 1.165) is 24.4 Å². The summed E-state index contributed by atoms with van der Waals surface area (Å²) in [5.74, 6) is 1.48. The van der Waals surface area contributed by atoms with Gasteiger partial charge in [-0.1, -0.05) is 35.9 Å².